The van der Waals surface area contributed by atoms with Crippen molar-refractivity contribution in [1.29, 1.82) is 0 Å². The van der Waals surface area contributed by atoms with E-state index in [0.717, 1.165) is 36.5 Å². The molecule has 0 aliphatic rings. The molecule has 3 N–H and O–H groups in total. The van der Waals surface area contributed by atoms with Gasteiger partial charge in [-0.3, -0.25) is 0 Å². The van der Waals surface area contributed by atoms with E-state index in [4.69, 9.17) is 9.47 Å². The second-order valence-electron chi connectivity index (χ2n) is 6.38. The Balaban J connectivity index is 2.07. The molecule has 1 aromatic carbocycles. The Bertz CT molecular complexity index is 747. The van der Waals surface area contributed by atoms with Gasteiger partial charge in [-0.25, -0.2) is 9.78 Å². The molecule has 0 spiro atoms. The van der Waals surface area contributed by atoms with Gasteiger partial charge in [-0.15, -0.1) is 0 Å². The lowest BCUT2D eigenvalue weighted by atomic mass is 10.1. The van der Waals surface area contributed by atoms with E-state index in [2.05, 4.69) is 41.7 Å². The minimum atomic E-state index is -0.208. The lowest BCUT2D eigenvalue weighted by Crippen LogP contribution is -2.37. The molecule has 7 nitrogen and oxygen atoms in total. The summed E-state index contributed by atoms with van der Waals surface area (Å²) in [6, 6.07) is 5.48. The summed E-state index contributed by atoms with van der Waals surface area (Å²) < 4.78 is 11.3. The third-order valence-corrected chi connectivity index (χ3v) is 4.99. The van der Waals surface area contributed by atoms with Crippen LogP contribution in [-0.2, 0) is 11.3 Å². The molecule has 2 amide bonds. The van der Waals surface area contributed by atoms with Gasteiger partial charge in [-0.1, -0.05) is 32.1 Å². The number of hydrogen-bond acceptors (Lipinski definition) is 6. The van der Waals surface area contributed by atoms with E-state index < -0.39 is 0 Å². The van der Waals surface area contributed by atoms with Crippen LogP contribution in [0.3, 0.4) is 0 Å². The molecule has 8 heteroatoms. The van der Waals surface area contributed by atoms with Crippen molar-refractivity contribution in [3.05, 3.63) is 30.0 Å². The minimum Gasteiger partial charge on any atom is -0.445 e. The molecule has 0 bridgehead atoms. The maximum atomic E-state index is 12.2. The fourth-order valence-electron chi connectivity index (χ4n) is 2.60. The largest absolute Gasteiger partial charge is 0.445 e. The van der Waals surface area contributed by atoms with Crippen LogP contribution in [0.25, 0.3) is 0 Å². The smallest absolute Gasteiger partial charge is 0.319 e. The molecule has 2 rings (SSSR count). The van der Waals surface area contributed by atoms with E-state index >= 15 is 0 Å². The van der Waals surface area contributed by atoms with Crippen molar-refractivity contribution in [2.24, 2.45) is 0 Å². The van der Waals surface area contributed by atoms with Crippen LogP contribution < -0.4 is 20.7 Å². The maximum Gasteiger partial charge on any atom is 0.319 e. The van der Waals surface area contributed by atoms with Gasteiger partial charge in [0.25, 0.3) is 0 Å². The molecule has 1 heterocycles. The fraction of sp³-hybridized carbons (Fsp3) is 0.500. The number of carbonyl (C=O) groups is 1. The van der Waals surface area contributed by atoms with E-state index in [9.17, 15) is 4.79 Å². The van der Waals surface area contributed by atoms with Gasteiger partial charge in [-0.05, 0) is 37.5 Å². The quantitative estimate of drug-likeness (QED) is 0.477. The highest BCUT2D eigenvalue weighted by molar-refractivity contribution is 7.17. The molecule has 0 unspecified atom stereocenters. The molecular weight excluding hydrogens is 376 g/mol. The monoisotopic (exact) mass is 406 g/mol. The third-order valence-electron chi connectivity index (χ3n) is 4.16. The molecule has 28 heavy (non-hydrogen) atoms. The van der Waals surface area contributed by atoms with Crippen molar-refractivity contribution in [1.82, 2.24) is 10.3 Å². The first-order chi connectivity index (χ1) is 13.6. The number of urea groups is 1. The van der Waals surface area contributed by atoms with E-state index in [0.29, 0.717) is 23.1 Å². The molecule has 154 valence electrons. The van der Waals surface area contributed by atoms with Crippen LogP contribution in [0.4, 0.5) is 15.6 Å². The zero-order valence-electron chi connectivity index (χ0n) is 17.0. The number of ether oxygens (including phenoxy) is 2. The first-order valence-electron chi connectivity index (χ1n) is 9.66. The van der Waals surface area contributed by atoms with Crippen molar-refractivity contribution in [2.75, 3.05) is 24.3 Å². The number of carbonyl (C=O) groups excluding carboxylic acids is 1. The summed E-state index contributed by atoms with van der Waals surface area (Å²) in [5.41, 5.74) is 1.54. The third kappa shape index (κ3) is 6.69. The zero-order chi connectivity index (χ0) is 20.4. The predicted molar refractivity (Wildman–Crippen MR) is 115 cm³/mol. The molecule has 0 aliphatic carbocycles. The topological polar surface area (TPSA) is 84.5 Å². The molecule has 0 saturated heterocycles. The average molecular weight is 407 g/mol. The number of rotatable bonds is 11. The Morgan fingerprint density at radius 1 is 1.25 bits per heavy atom. The maximum absolute atomic E-state index is 12.2. The highest BCUT2D eigenvalue weighted by atomic mass is 32.1. The Hall–Kier alpha value is -2.32. The van der Waals surface area contributed by atoms with E-state index in [-0.39, 0.29) is 12.1 Å². The van der Waals surface area contributed by atoms with Crippen molar-refractivity contribution >= 4 is 28.2 Å². The van der Waals surface area contributed by atoms with Gasteiger partial charge >= 0.3 is 6.03 Å². The van der Waals surface area contributed by atoms with Gasteiger partial charge in [-0.2, -0.15) is 0 Å². The Kier molecular flexibility index (Phi) is 9.03. The number of aromatic nitrogens is 1. The van der Waals surface area contributed by atoms with E-state index in [1.807, 2.05) is 18.2 Å². The van der Waals surface area contributed by atoms with Crippen molar-refractivity contribution in [3.63, 3.8) is 0 Å². The van der Waals surface area contributed by atoms with Gasteiger partial charge in [0.1, 0.15) is 5.75 Å². The van der Waals surface area contributed by atoms with Crippen LogP contribution in [0, 0.1) is 0 Å². The van der Waals surface area contributed by atoms with Crippen molar-refractivity contribution in [2.45, 2.75) is 52.7 Å². The molecule has 0 atom stereocenters. The first kappa shape index (κ1) is 22.0. The predicted octanol–water partition coefficient (Wildman–Crippen LogP) is 5.21. The summed E-state index contributed by atoms with van der Waals surface area (Å²) >= 11 is 1.46. The molecule has 0 saturated carbocycles. The highest BCUT2D eigenvalue weighted by Crippen LogP contribution is 2.33. The van der Waals surface area contributed by atoms with Crippen LogP contribution in [-0.4, -0.2) is 30.7 Å². The fourth-order valence-corrected chi connectivity index (χ4v) is 3.31. The van der Waals surface area contributed by atoms with Gasteiger partial charge < -0.3 is 25.4 Å². The Morgan fingerprint density at radius 3 is 2.71 bits per heavy atom. The SMILES string of the molecule is CCCNc1ncc(Oc2ccc(NC(=O)NC(CC)CC)cc2COC)s1. The van der Waals surface area contributed by atoms with E-state index in [1.54, 1.807) is 13.3 Å². The van der Waals surface area contributed by atoms with Gasteiger partial charge in [0.05, 0.1) is 12.8 Å². The summed E-state index contributed by atoms with van der Waals surface area (Å²) in [6.07, 6.45) is 4.53. The number of nitrogens with one attached hydrogen (secondary N) is 3. The van der Waals surface area contributed by atoms with Gasteiger partial charge in [0.15, 0.2) is 5.13 Å². The van der Waals surface area contributed by atoms with Crippen molar-refractivity contribution in [3.8, 4) is 10.8 Å². The highest BCUT2D eigenvalue weighted by Gasteiger charge is 2.12. The van der Waals surface area contributed by atoms with Crippen LogP contribution >= 0.6 is 11.3 Å². The lowest BCUT2D eigenvalue weighted by Gasteiger charge is -2.16. The number of benzene rings is 1. The van der Waals surface area contributed by atoms with Crippen molar-refractivity contribution < 1.29 is 14.3 Å². The summed E-state index contributed by atoms with van der Waals surface area (Å²) in [5.74, 6) is 0.679. The van der Waals surface area contributed by atoms with E-state index in [1.165, 1.54) is 11.3 Å². The second-order valence-corrected chi connectivity index (χ2v) is 7.37. The summed E-state index contributed by atoms with van der Waals surface area (Å²) in [5, 5.41) is 10.6. The Morgan fingerprint density at radius 2 is 2.04 bits per heavy atom. The average Bonchev–Trinajstić information content (AvgIpc) is 3.14. The second kappa shape index (κ2) is 11.5. The standard InChI is InChI=1S/C20H30N4O3S/c1-5-10-21-20-22-12-18(28-20)27-17-9-8-16(11-14(17)13-26-4)24-19(25)23-15(6-2)7-3/h8-9,11-12,15H,5-7,10,13H2,1-4H3,(H,21,22)(H2,23,24,25). The van der Waals surface area contributed by atoms with Crippen LogP contribution in [0.2, 0.25) is 0 Å². The number of nitrogens with zero attached hydrogens (tertiary/aromatic N) is 1. The molecule has 2 aromatic rings. The summed E-state index contributed by atoms with van der Waals surface area (Å²) in [4.78, 5) is 16.5. The number of hydrogen-bond donors (Lipinski definition) is 3. The Labute approximate surface area is 170 Å². The van der Waals surface area contributed by atoms with Gasteiger partial charge in [0.2, 0.25) is 5.06 Å². The molecule has 0 fully saturated rings. The minimum absolute atomic E-state index is 0.169. The molecular formula is C20H30N4O3S. The molecule has 0 radical (unpaired) electrons. The molecule has 1 aromatic heterocycles. The van der Waals surface area contributed by atoms with Crippen LogP contribution in [0.1, 0.15) is 45.6 Å². The van der Waals surface area contributed by atoms with Gasteiger partial charge in [0, 0.05) is 30.9 Å². The normalized spacial score (nSPS) is 10.8. The first-order valence-corrected chi connectivity index (χ1v) is 10.5. The number of methoxy groups -OCH3 is 1. The number of anilines is 2. The van der Waals surface area contributed by atoms with Crippen LogP contribution in [0.15, 0.2) is 24.4 Å². The summed E-state index contributed by atoms with van der Waals surface area (Å²) in [6.45, 7) is 7.47. The number of amides is 2. The molecule has 0 aliphatic heterocycles. The summed E-state index contributed by atoms with van der Waals surface area (Å²) in [7, 11) is 1.63. The van der Waals surface area contributed by atoms with Crippen LogP contribution in [0.5, 0.6) is 10.8 Å². The lowest BCUT2D eigenvalue weighted by molar-refractivity contribution is 0.182. The number of thiazole rings is 1. The zero-order valence-corrected chi connectivity index (χ0v) is 17.8.